The van der Waals surface area contributed by atoms with Crippen LogP contribution in [0.4, 0.5) is 0 Å². The van der Waals surface area contributed by atoms with Crippen LogP contribution >= 0.6 is 0 Å². The lowest BCUT2D eigenvalue weighted by Gasteiger charge is -2.17. The number of amides is 3. The summed E-state index contributed by atoms with van der Waals surface area (Å²) in [5, 5.41) is 0. The van der Waals surface area contributed by atoms with Crippen molar-refractivity contribution in [3.63, 3.8) is 0 Å². The first-order chi connectivity index (χ1) is 12.9. The molecule has 0 bridgehead atoms. The van der Waals surface area contributed by atoms with Crippen molar-refractivity contribution in [2.75, 3.05) is 6.54 Å². The molecule has 27 heavy (non-hydrogen) atoms. The van der Waals surface area contributed by atoms with Gasteiger partial charge < -0.3 is 4.90 Å². The molecule has 3 rings (SSSR count). The fourth-order valence-corrected chi connectivity index (χ4v) is 3.26. The Balaban J connectivity index is 1.54. The van der Waals surface area contributed by atoms with E-state index in [4.69, 9.17) is 0 Å². The van der Waals surface area contributed by atoms with Crippen LogP contribution in [0.15, 0.2) is 48.5 Å². The second-order valence-electron chi connectivity index (χ2n) is 6.92. The van der Waals surface area contributed by atoms with Crippen LogP contribution < -0.4 is 10.9 Å². The smallest absolute Gasteiger partial charge is 0.269 e. The maximum atomic E-state index is 12.4. The van der Waals surface area contributed by atoms with Crippen molar-refractivity contribution >= 4 is 17.7 Å². The molecule has 1 aliphatic heterocycles. The van der Waals surface area contributed by atoms with Crippen molar-refractivity contribution in [2.45, 2.75) is 26.8 Å². The Morgan fingerprint density at radius 1 is 1.07 bits per heavy atom. The largest absolute Gasteiger partial charge is 0.338 e. The molecule has 140 valence electrons. The van der Waals surface area contributed by atoms with Gasteiger partial charge in [-0.15, -0.1) is 0 Å². The lowest BCUT2D eigenvalue weighted by molar-refractivity contribution is -0.129. The highest BCUT2D eigenvalue weighted by Gasteiger charge is 2.34. The molecule has 1 atom stereocenters. The Hall–Kier alpha value is -3.15. The minimum atomic E-state index is -0.472. The van der Waals surface area contributed by atoms with E-state index in [1.165, 1.54) is 0 Å². The Morgan fingerprint density at radius 2 is 1.81 bits per heavy atom. The zero-order valence-corrected chi connectivity index (χ0v) is 15.5. The van der Waals surface area contributed by atoms with Crippen molar-refractivity contribution in [3.8, 4) is 0 Å². The second kappa shape index (κ2) is 8.03. The first kappa shape index (κ1) is 18.6. The Morgan fingerprint density at radius 3 is 2.52 bits per heavy atom. The van der Waals surface area contributed by atoms with Gasteiger partial charge in [0.05, 0.1) is 5.92 Å². The van der Waals surface area contributed by atoms with Gasteiger partial charge in [-0.3, -0.25) is 25.2 Å². The standard InChI is InChI=1S/C21H23N3O3/c1-14-8-9-18(15(2)10-14)21(27)23-22-20(26)17-11-19(25)24(13-17)12-16-6-4-3-5-7-16/h3-10,17H,11-13H2,1-2H3,(H,22,26)(H,23,27)/t17-/m0/s1. The molecule has 3 amide bonds. The van der Waals surface area contributed by atoms with Crippen molar-refractivity contribution in [3.05, 3.63) is 70.8 Å². The van der Waals surface area contributed by atoms with E-state index < -0.39 is 5.92 Å². The van der Waals surface area contributed by atoms with Crippen molar-refractivity contribution < 1.29 is 14.4 Å². The predicted molar refractivity (Wildman–Crippen MR) is 101 cm³/mol. The molecule has 1 heterocycles. The number of likely N-dealkylation sites (tertiary alicyclic amines) is 1. The van der Waals surface area contributed by atoms with Crippen LogP contribution in [-0.4, -0.2) is 29.2 Å². The number of hydrazine groups is 1. The number of benzene rings is 2. The van der Waals surface area contributed by atoms with Gasteiger partial charge in [0.2, 0.25) is 11.8 Å². The number of carbonyl (C=O) groups is 3. The number of rotatable bonds is 4. The van der Waals surface area contributed by atoms with E-state index in [1.807, 2.05) is 56.3 Å². The van der Waals surface area contributed by atoms with E-state index in [1.54, 1.807) is 11.0 Å². The van der Waals surface area contributed by atoms with Gasteiger partial charge in [-0.05, 0) is 31.0 Å². The molecule has 6 heteroatoms. The van der Waals surface area contributed by atoms with Crippen LogP contribution in [0.1, 0.15) is 33.5 Å². The molecule has 0 spiro atoms. The maximum absolute atomic E-state index is 12.4. The SMILES string of the molecule is Cc1ccc(C(=O)NNC(=O)[C@H]2CC(=O)N(Cc3ccccc3)C2)c(C)c1. The highest BCUT2D eigenvalue weighted by Crippen LogP contribution is 2.20. The van der Waals surface area contributed by atoms with Gasteiger partial charge in [-0.25, -0.2) is 0 Å². The van der Waals surface area contributed by atoms with Gasteiger partial charge in [0, 0.05) is 25.1 Å². The predicted octanol–water partition coefficient (Wildman–Crippen LogP) is 2.11. The summed E-state index contributed by atoms with van der Waals surface area (Å²) in [4.78, 5) is 38.5. The van der Waals surface area contributed by atoms with Crippen LogP contribution in [0, 0.1) is 19.8 Å². The number of nitrogens with one attached hydrogen (secondary N) is 2. The van der Waals surface area contributed by atoms with E-state index in [2.05, 4.69) is 10.9 Å². The summed E-state index contributed by atoms with van der Waals surface area (Å²) >= 11 is 0. The normalized spacial score (nSPS) is 16.3. The zero-order valence-electron chi connectivity index (χ0n) is 15.5. The highest BCUT2D eigenvalue weighted by atomic mass is 16.2. The third kappa shape index (κ3) is 4.53. The Labute approximate surface area is 158 Å². The second-order valence-corrected chi connectivity index (χ2v) is 6.92. The van der Waals surface area contributed by atoms with Crippen LogP contribution in [0.2, 0.25) is 0 Å². The molecule has 0 radical (unpaired) electrons. The van der Waals surface area contributed by atoms with E-state index in [0.29, 0.717) is 18.7 Å². The molecule has 0 saturated carbocycles. The highest BCUT2D eigenvalue weighted by molar-refractivity contribution is 5.97. The number of nitrogens with zero attached hydrogens (tertiary/aromatic N) is 1. The van der Waals surface area contributed by atoms with Gasteiger partial charge in [0.1, 0.15) is 0 Å². The topological polar surface area (TPSA) is 78.5 Å². The van der Waals surface area contributed by atoms with Crippen molar-refractivity contribution in [1.82, 2.24) is 15.8 Å². The summed E-state index contributed by atoms with van der Waals surface area (Å²) in [6.45, 7) is 4.63. The summed E-state index contributed by atoms with van der Waals surface area (Å²) in [5.74, 6) is -1.25. The first-order valence-electron chi connectivity index (χ1n) is 8.93. The minimum absolute atomic E-state index is 0.0558. The lowest BCUT2D eigenvalue weighted by Crippen LogP contribution is -2.45. The number of hydrogen-bond acceptors (Lipinski definition) is 3. The molecule has 1 saturated heterocycles. The van der Waals surface area contributed by atoms with Gasteiger partial charge in [0.15, 0.2) is 0 Å². The number of aryl methyl sites for hydroxylation is 2. The molecule has 0 aromatic heterocycles. The summed E-state index contributed by atoms with van der Waals surface area (Å²) in [7, 11) is 0. The van der Waals surface area contributed by atoms with Gasteiger partial charge in [-0.1, -0.05) is 48.0 Å². The van der Waals surface area contributed by atoms with Crippen LogP contribution in [0.3, 0.4) is 0 Å². The van der Waals surface area contributed by atoms with Crippen LogP contribution in [-0.2, 0) is 16.1 Å². The first-order valence-corrected chi connectivity index (χ1v) is 8.93. The minimum Gasteiger partial charge on any atom is -0.338 e. The number of carbonyl (C=O) groups excluding carboxylic acids is 3. The fraction of sp³-hybridized carbons (Fsp3) is 0.286. The fourth-order valence-electron chi connectivity index (χ4n) is 3.26. The Kier molecular flexibility index (Phi) is 5.54. The summed E-state index contributed by atoms with van der Waals surface area (Å²) in [6.07, 6.45) is 0.151. The molecule has 0 aliphatic carbocycles. The van der Waals surface area contributed by atoms with Crippen LogP contribution in [0.5, 0.6) is 0 Å². The zero-order chi connectivity index (χ0) is 19.4. The van der Waals surface area contributed by atoms with Crippen LogP contribution in [0.25, 0.3) is 0 Å². The van der Waals surface area contributed by atoms with E-state index in [-0.39, 0.29) is 24.1 Å². The molecule has 2 aromatic carbocycles. The van der Waals surface area contributed by atoms with E-state index in [0.717, 1.165) is 16.7 Å². The van der Waals surface area contributed by atoms with E-state index >= 15 is 0 Å². The molecule has 1 aliphatic rings. The molecular formula is C21H23N3O3. The quantitative estimate of drug-likeness (QED) is 0.815. The van der Waals surface area contributed by atoms with Crippen molar-refractivity contribution in [2.24, 2.45) is 5.92 Å². The monoisotopic (exact) mass is 365 g/mol. The number of hydrogen-bond donors (Lipinski definition) is 2. The average molecular weight is 365 g/mol. The van der Waals surface area contributed by atoms with Gasteiger partial charge >= 0.3 is 0 Å². The van der Waals surface area contributed by atoms with Gasteiger partial charge in [-0.2, -0.15) is 0 Å². The third-order valence-electron chi connectivity index (χ3n) is 4.73. The summed E-state index contributed by atoms with van der Waals surface area (Å²) in [6, 6.07) is 15.1. The lowest BCUT2D eigenvalue weighted by atomic mass is 10.1. The summed E-state index contributed by atoms with van der Waals surface area (Å²) < 4.78 is 0. The Bertz CT molecular complexity index is 864. The van der Waals surface area contributed by atoms with E-state index in [9.17, 15) is 14.4 Å². The van der Waals surface area contributed by atoms with Crippen molar-refractivity contribution in [1.29, 1.82) is 0 Å². The summed E-state index contributed by atoms with van der Waals surface area (Å²) in [5.41, 5.74) is 8.34. The third-order valence-corrected chi connectivity index (χ3v) is 4.73. The molecule has 6 nitrogen and oxygen atoms in total. The molecular weight excluding hydrogens is 342 g/mol. The van der Waals surface area contributed by atoms with Gasteiger partial charge in [0.25, 0.3) is 5.91 Å². The maximum Gasteiger partial charge on any atom is 0.269 e. The molecule has 0 unspecified atom stereocenters. The average Bonchev–Trinajstić information content (AvgIpc) is 3.01. The molecule has 1 fully saturated rings. The molecule has 2 N–H and O–H groups in total. The molecule has 2 aromatic rings.